The number of hydrogen-bond acceptors (Lipinski definition) is 5. The van der Waals surface area contributed by atoms with Crippen LogP contribution in [0.3, 0.4) is 0 Å². The van der Waals surface area contributed by atoms with Gasteiger partial charge in [0.05, 0.1) is 24.6 Å². The SMILES string of the molecule is O=C(Nc1ccc(C(=O)N2CCCN(CCCN3CCOCC3)c3ccccc32)cc1)c1ccc(F)cc1. The minimum Gasteiger partial charge on any atom is -0.379 e. The molecule has 198 valence electrons. The zero-order valence-electron chi connectivity index (χ0n) is 21.4. The number of carbonyl (C=O) groups is 2. The molecule has 2 heterocycles. The van der Waals surface area contributed by atoms with E-state index >= 15 is 0 Å². The van der Waals surface area contributed by atoms with Crippen LogP contribution in [0.15, 0.2) is 72.8 Å². The lowest BCUT2D eigenvalue weighted by Gasteiger charge is -2.29. The van der Waals surface area contributed by atoms with Crippen molar-refractivity contribution in [2.75, 3.05) is 67.6 Å². The van der Waals surface area contributed by atoms with E-state index in [2.05, 4.69) is 21.2 Å². The maximum absolute atomic E-state index is 13.6. The van der Waals surface area contributed by atoms with Crippen LogP contribution in [0.5, 0.6) is 0 Å². The standard InChI is InChI=1S/C30H33FN4O3/c31-25-11-7-23(8-12-25)29(36)32-26-13-9-24(10-14-26)30(37)35-18-4-17-34(27-5-1-2-6-28(27)35)16-3-15-33-19-21-38-22-20-33/h1-2,5-14H,3-4,15-22H2,(H,32,36). The van der Waals surface area contributed by atoms with Gasteiger partial charge in [0.15, 0.2) is 0 Å². The Bertz CT molecular complexity index is 1240. The Hall–Kier alpha value is -3.75. The number of amides is 2. The van der Waals surface area contributed by atoms with Crippen molar-refractivity contribution in [3.63, 3.8) is 0 Å². The van der Waals surface area contributed by atoms with Gasteiger partial charge in [0, 0.05) is 56.1 Å². The molecule has 5 rings (SSSR count). The van der Waals surface area contributed by atoms with Gasteiger partial charge in [-0.05, 0) is 73.5 Å². The molecule has 0 bridgehead atoms. The predicted octanol–water partition coefficient (Wildman–Crippen LogP) is 4.66. The molecule has 2 amide bonds. The Morgan fingerprint density at radius 1 is 0.789 bits per heavy atom. The summed E-state index contributed by atoms with van der Waals surface area (Å²) in [6.45, 7) is 7.14. The van der Waals surface area contributed by atoms with Gasteiger partial charge in [-0.25, -0.2) is 4.39 Å². The minimum atomic E-state index is -0.393. The van der Waals surface area contributed by atoms with Crippen LogP contribution in [-0.2, 0) is 4.74 Å². The minimum absolute atomic E-state index is 0.0657. The van der Waals surface area contributed by atoms with Crippen molar-refractivity contribution >= 4 is 28.9 Å². The summed E-state index contributed by atoms with van der Waals surface area (Å²) in [5.74, 6) is -0.793. The van der Waals surface area contributed by atoms with E-state index in [4.69, 9.17) is 4.74 Å². The molecule has 1 fully saturated rings. The maximum atomic E-state index is 13.6. The molecule has 8 heteroatoms. The van der Waals surface area contributed by atoms with Crippen LogP contribution in [0.2, 0.25) is 0 Å². The van der Waals surface area contributed by atoms with E-state index in [9.17, 15) is 14.0 Å². The predicted molar refractivity (Wildman–Crippen MR) is 148 cm³/mol. The number of hydrogen-bond donors (Lipinski definition) is 1. The molecule has 1 N–H and O–H groups in total. The Balaban J connectivity index is 1.25. The monoisotopic (exact) mass is 516 g/mol. The smallest absolute Gasteiger partial charge is 0.258 e. The van der Waals surface area contributed by atoms with E-state index in [1.165, 1.54) is 24.3 Å². The number of nitrogens with zero attached hydrogens (tertiary/aromatic N) is 3. The fraction of sp³-hybridized carbons (Fsp3) is 0.333. The van der Waals surface area contributed by atoms with E-state index in [-0.39, 0.29) is 11.8 Å². The highest BCUT2D eigenvalue weighted by molar-refractivity contribution is 6.09. The van der Waals surface area contributed by atoms with Gasteiger partial charge < -0.3 is 19.9 Å². The van der Waals surface area contributed by atoms with Crippen molar-refractivity contribution in [2.45, 2.75) is 12.8 Å². The summed E-state index contributed by atoms with van der Waals surface area (Å²) in [6.07, 6.45) is 1.94. The molecule has 0 atom stereocenters. The van der Waals surface area contributed by atoms with Gasteiger partial charge in [-0.15, -0.1) is 0 Å². The molecule has 0 unspecified atom stereocenters. The number of ether oxygens (including phenoxy) is 1. The first-order valence-electron chi connectivity index (χ1n) is 13.2. The van der Waals surface area contributed by atoms with E-state index < -0.39 is 5.82 Å². The number of anilines is 3. The Labute approximate surface area is 222 Å². The molecule has 38 heavy (non-hydrogen) atoms. The van der Waals surface area contributed by atoms with Crippen molar-refractivity contribution < 1.29 is 18.7 Å². The van der Waals surface area contributed by atoms with Gasteiger partial charge in [-0.3, -0.25) is 14.5 Å². The second kappa shape index (κ2) is 12.2. The quantitative estimate of drug-likeness (QED) is 0.495. The molecule has 3 aromatic carbocycles. The first-order chi connectivity index (χ1) is 18.6. The summed E-state index contributed by atoms with van der Waals surface area (Å²) in [5, 5.41) is 2.79. The van der Waals surface area contributed by atoms with Gasteiger partial charge >= 0.3 is 0 Å². The second-order valence-electron chi connectivity index (χ2n) is 9.63. The Morgan fingerprint density at radius 3 is 2.21 bits per heavy atom. The summed E-state index contributed by atoms with van der Waals surface area (Å²) in [4.78, 5) is 32.8. The second-order valence-corrected chi connectivity index (χ2v) is 9.63. The Morgan fingerprint density at radius 2 is 1.47 bits per heavy atom. The summed E-state index contributed by atoms with van der Waals surface area (Å²) in [6, 6.07) is 20.4. The lowest BCUT2D eigenvalue weighted by molar-refractivity contribution is 0.0376. The van der Waals surface area contributed by atoms with Gasteiger partial charge in [0.1, 0.15) is 5.82 Å². The zero-order chi connectivity index (χ0) is 26.3. The third kappa shape index (κ3) is 6.20. The van der Waals surface area contributed by atoms with E-state index in [1.54, 1.807) is 24.3 Å². The number of nitrogens with one attached hydrogen (secondary N) is 1. The highest BCUT2D eigenvalue weighted by atomic mass is 19.1. The van der Waals surface area contributed by atoms with Crippen LogP contribution in [0, 0.1) is 5.82 Å². The number of rotatable bonds is 7. The van der Waals surface area contributed by atoms with Gasteiger partial charge in [0.25, 0.3) is 11.8 Å². The van der Waals surface area contributed by atoms with E-state index in [0.717, 1.165) is 70.2 Å². The first kappa shape index (κ1) is 25.9. The summed E-state index contributed by atoms with van der Waals surface area (Å²) < 4.78 is 18.6. The summed E-state index contributed by atoms with van der Waals surface area (Å²) in [5.41, 5.74) is 3.50. The lowest BCUT2D eigenvalue weighted by atomic mass is 10.1. The summed E-state index contributed by atoms with van der Waals surface area (Å²) >= 11 is 0. The van der Waals surface area contributed by atoms with Gasteiger partial charge in [-0.1, -0.05) is 12.1 Å². The molecule has 7 nitrogen and oxygen atoms in total. The summed E-state index contributed by atoms with van der Waals surface area (Å²) in [7, 11) is 0. The molecule has 2 aliphatic rings. The maximum Gasteiger partial charge on any atom is 0.258 e. The molecule has 1 saturated heterocycles. The van der Waals surface area contributed by atoms with Crippen LogP contribution in [0.4, 0.5) is 21.5 Å². The molecule has 0 spiro atoms. The zero-order valence-corrected chi connectivity index (χ0v) is 21.4. The van der Waals surface area contributed by atoms with Crippen molar-refractivity contribution in [3.05, 3.63) is 89.7 Å². The fourth-order valence-electron chi connectivity index (χ4n) is 5.03. The molecule has 2 aliphatic heterocycles. The third-order valence-electron chi connectivity index (χ3n) is 7.07. The van der Waals surface area contributed by atoms with E-state index in [0.29, 0.717) is 23.4 Å². The van der Waals surface area contributed by atoms with Crippen LogP contribution in [0.25, 0.3) is 0 Å². The topological polar surface area (TPSA) is 65.1 Å². The molecule has 0 aliphatic carbocycles. The highest BCUT2D eigenvalue weighted by Gasteiger charge is 2.25. The molecule has 0 radical (unpaired) electrons. The molecular formula is C30H33FN4O3. The number of morpholine rings is 1. The highest BCUT2D eigenvalue weighted by Crippen LogP contribution is 2.33. The number of halogens is 1. The first-order valence-corrected chi connectivity index (χ1v) is 13.2. The molecule has 3 aromatic rings. The third-order valence-corrected chi connectivity index (χ3v) is 7.07. The van der Waals surface area contributed by atoms with Crippen molar-refractivity contribution in [2.24, 2.45) is 0 Å². The molecule has 0 aromatic heterocycles. The van der Waals surface area contributed by atoms with Crippen LogP contribution < -0.4 is 15.1 Å². The van der Waals surface area contributed by atoms with Gasteiger partial charge in [-0.2, -0.15) is 0 Å². The van der Waals surface area contributed by atoms with Crippen LogP contribution in [0.1, 0.15) is 33.6 Å². The van der Waals surface area contributed by atoms with Crippen LogP contribution >= 0.6 is 0 Å². The average molecular weight is 517 g/mol. The van der Waals surface area contributed by atoms with E-state index in [1.807, 2.05) is 23.1 Å². The fourth-order valence-corrected chi connectivity index (χ4v) is 5.03. The number of fused-ring (bicyclic) bond motifs is 1. The average Bonchev–Trinajstić information content (AvgIpc) is 3.14. The number of para-hydroxylation sites is 2. The van der Waals surface area contributed by atoms with Crippen molar-refractivity contribution in [1.29, 1.82) is 0 Å². The molecule has 0 saturated carbocycles. The normalized spacial score (nSPS) is 16.0. The largest absolute Gasteiger partial charge is 0.379 e. The Kier molecular flexibility index (Phi) is 8.31. The van der Waals surface area contributed by atoms with Crippen molar-refractivity contribution in [3.8, 4) is 0 Å². The van der Waals surface area contributed by atoms with Crippen LogP contribution in [-0.4, -0.2) is 69.2 Å². The van der Waals surface area contributed by atoms with Crippen molar-refractivity contribution in [1.82, 2.24) is 4.90 Å². The molecular weight excluding hydrogens is 483 g/mol. The number of carbonyl (C=O) groups excluding carboxylic acids is 2. The lowest BCUT2D eigenvalue weighted by Crippen LogP contribution is -2.38. The van der Waals surface area contributed by atoms with Gasteiger partial charge in [0.2, 0.25) is 0 Å². The number of benzene rings is 3.